The minimum atomic E-state index is -0.0826. The normalized spacial score (nSPS) is 16.3. The number of amides is 1. The lowest BCUT2D eigenvalue weighted by Gasteiger charge is -2.21. The minimum absolute atomic E-state index is 0.0482. The fourth-order valence-corrected chi connectivity index (χ4v) is 3.60. The lowest BCUT2D eigenvalue weighted by molar-refractivity contribution is -0.113. The molecule has 1 aromatic heterocycles. The summed E-state index contributed by atoms with van der Waals surface area (Å²) in [5.74, 6) is 0.313. The molecule has 0 unspecified atom stereocenters. The Morgan fingerprint density at radius 1 is 1.53 bits per heavy atom. The smallest absolute Gasteiger partial charge is 0.236 e. The van der Waals surface area contributed by atoms with Gasteiger partial charge in [-0.25, -0.2) is 4.98 Å². The van der Waals surface area contributed by atoms with E-state index in [1.54, 1.807) is 17.1 Å². The Hall–Kier alpha value is -0.920. The average molecular weight is 299 g/mol. The molecule has 0 aliphatic carbocycles. The number of Topliss-reactive ketones (excluding diaryl/α,β-unsaturated/α-hetero) is 1. The van der Waals surface area contributed by atoms with E-state index in [1.165, 1.54) is 18.3 Å². The zero-order valence-electron chi connectivity index (χ0n) is 10.8. The van der Waals surface area contributed by atoms with Crippen molar-refractivity contribution in [3.8, 4) is 0 Å². The fourth-order valence-electron chi connectivity index (χ4n) is 1.80. The fraction of sp³-hybridized carbons (Fsp3) is 0.583. The lowest BCUT2D eigenvalue weighted by Crippen LogP contribution is -2.30. The van der Waals surface area contributed by atoms with Crippen LogP contribution in [0.15, 0.2) is 5.38 Å². The van der Waals surface area contributed by atoms with Gasteiger partial charge in [-0.05, 0) is 25.9 Å². The summed E-state index contributed by atoms with van der Waals surface area (Å²) in [6.07, 6.45) is 2.23. The van der Waals surface area contributed by atoms with Crippen LogP contribution in [-0.2, 0) is 4.79 Å². The molecule has 0 radical (unpaired) electrons. The Kier molecular flexibility index (Phi) is 5.35. The highest BCUT2D eigenvalue weighted by atomic mass is 32.2. The van der Waals surface area contributed by atoms with Crippen LogP contribution in [-0.4, -0.2) is 40.8 Å². The van der Waals surface area contributed by atoms with Gasteiger partial charge in [0.1, 0.15) is 5.69 Å². The van der Waals surface area contributed by atoms with Gasteiger partial charge in [-0.3, -0.25) is 9.59 Å². The molecule has 1 fully saturated rings. The van der Waals surface area contributed by atoms with Crippen molar-refractivity contribution in [2.45, 2.75) is 25.0 Å². The molecule has 0 saturated carbocycles. The summed E-state index contributed by atoms with van der Waals surface area (Å²) in [5.41, 5.74) is 0.409. The Bertz CT molecular complexity index is 456. The molecule has 2 heterocycles. The van der Waals surface area contributed by atoms with E-state index in [4.69, 9.17) is 0 Å². The third-order valence-corrected chi connectivity index (χ3v) is 4.98. The maximum atomic E-state index is 11.8. The molecule has 0 bridgehead atoms. The van der Waals surface area contributed by atoms with E-state index in [-0.39, 0.29) is 11.7 Å². The van der Waals surface area contributed by atoms with Crippen molar-refractivity contribution in [3.05, 3.63) is 11.1 Å². The Labute approximate surface area is 120 Å². The van der Waals surface area contributed by atoms with Gasteiger partial charge >= 0.3 is 0 Å². The van der Waals surface area contributed by atoms with Gasteiger partial charge in [-0.15, -0.1) is 23.1 Å². The van der Waals surface area contributed by atoms with E-state index < -0.39 is 0 Å². The second-order valence-corrected chi connectivity index (χ2v) is 6.55. The molecular weight excluding hydrogens is 282 g/mol. The average Bonchev–Trinajstić information content (AvgIpc) is 2.86. The molecule has 5 nitrogen and oxygen atoms in total. The summed E-state index contributed by atoms with van der Waals surface area (Å²) >= 11 is 2.98. The molecule has 0 atom stereocenters. The number of piperidine rings is 1. The third-order valence-electron chi connectivity index (χ3n) is 2.85. The van der Waals surface area contributed by atoms with Gasteiger partial charge in [-0.1, -0.05) is 0 Å². The van der Waals surface area contributed by atoms with Gasteiger partial charge in [0, 0.05) is 17.6 Å². The van der Waals surface area contributed by atoms with Crippen LogP contribution in [0, 0.1) is 0 Å². The molecule has 7 heteroatoms. The molecule has 0 spiro atoms. The van der Waals surface area contributed by atoms with E-state index in [0.29, 0.717) is 21.8 Å². The SMILES string of the molecule is CC(=O)c1csc(NC(=O)CSC2CCNCC2)n1. The van der Waals surface area contributed by atoms with Crippen molar-refractivity contribution >= 4 is 39.9 Å². The topological polar surface area (TPSA) is 71.1 Å². The first-order valence-corrected chi connectivity index (χ1v) is 8.16. The zero-order chi connectivity index (χ0) is 13.7. The van der Waals surface area contributed by atoms with Crippen LogP contribution in [0.1, 0.15) is 30.3 Å². The maximum Gasteiger partial charge on any atom is 0.236 e. The zero-order valence-corrected chi connectivity index (χ0v) is 12.4. The monoisotopic (exact) mass is 299 g/mol. The van der Waals surface area contributed by atoms with Crippen LogP contribution in [0.5, 0.6) is 0 Å². The number of thiazole rings is 1. The Morgan fingerprint density at radius 2 is 2.26 bits per heavy atom. The number of carbonyl (C=O) groups excluding carboxylic acids is 2. The number of nitrogens with zero attached hydrogens (tertiary/aromatic N) is 1. The molecule has 1 aliphatic heterocycles. The second kappa shape index (κ2) is 7.02. The second-order valence-electron chi connectivity index (χ2n) is 4.40. The van der Waals surface area contributed by atoms with Crippen LogP contribution in [0.4, 0.5) is 5.13 Å². The highest BCUT2D eigenvalue weighted by Gasteiger charge is 2.15. The standard InChI is InChI=1S/C12H17N3O2S2/c1-8(16)10-6-19-12(14-10)15-11(17)7-18-9-2-4-13-5-3-9/h6,9,13H,2-5,7H2,1H3,(H,14,15,17). The number of nitrogens with one attached hydrogen (secondary N) is 2. The van der Waals surface area contributed by atoms with Crippen molar-refractivity contribution in [3.63, 3.8) is 0 Å². The molecule has 0 aromatic carbocycles. The summed E-state index contributed by atoms with van der Waals surface area (Å²) in [6, 6.07) is 0. The highest BCUT2D eigenvalue weighted by molar-refractivity contribution is 8.00. The summed E-state index contributed by atoms with van der Waals surface area (Å²) in [7, 11) is 0. The molecule has 19 heavy (non-hydrogen) atoms. The summed E-state index contributed by atoms with van der Waals surface area (Å²) in [5, 5.41) is 8.77. The van der Waals surface area contributed by atoms with Gasteiger partial charge in [0.05, 0.1) is 5.75 Å². The van der Waals surface area contributed by atoms with E-state index in [9.17, 15) is 9.59 Å². The van der Waals surface area contributed by atoms with E-state index >= 15 is 0 Å². The van der Waals surface area contributed by atoms with Crippen LogP contribution in [0.25, 0.3) is 0 Å². The number of thioether (sulfide) groups is 1. The quantitative estimate of drug-likeness (QED) is 0.811. The number of aromatic nitrogens is 1. The summed E-state index contributed by atoms with van der Waals surface area (Å²) in [4.78, 5) is 26.9. The van der Waals surface area contributed by atoms with E-state index in [0.717, 1.165) is 25.9 Å². The number of hydrogen-bond acceptors (Lipinski definition) is 6. The third kappa shape index (κ3) is 4.59. The predicted molar refractivity (Wildman–Crippen MR) is 79.1 cm³/mol. The van der Waals surface area contributed by atoms with Crippen molar-refractivity contribution in [2.75, 3.05) is 24.2 Å². The molecule has 1 saturated heterocycles. The van der Waals surface area contributed by atoms with Crippen molar-refractivity contribution in [2.24, 2.45) is 0 Å². The van der Waals surface area contributed by atoms with Gasteiger partial charge < -0.3 is 10.6 Å². The van der Waals surface area contributed by atoms with Crippen LogP contribution >= 0.6 is 23.1 Å². The summed E-state index contributed by atoms with van der Waals surface area (Å²) < 4.78 is 0. The van der Waals surface area contributed by atoms with Gasteiger partial charge in [-0.2, -0.15) is 0 Å². The molecule has 1 amide bonds. The van der Waals surface area contributed by atoms with Gasteiger partial charge in [0.15, 0.2) is 10.9 Å². The number of hydrogen-bond donors (Lipinski definition) is 2. The largest absolute Gasteiger partial charge is 0.317 e. The number of ketones is 1. The maximum absolute atomic E-state index is 11.8. The number of anilines is 1. The molecular formula is C12H17N3O2S2. The molecule has 1 aliphatic rings. The first-order chi connectivity index (χ1) is 9.15. The molecule has 104 valence electrons. The van der Waals surface area contributed by atoms with Crippen molar-refractivity contribution < 1.29 is 9.59 Å². The van der Waals surface area contributed by atoms with Crippen LogP contribution in [0.3, 0.4) is 0 Å². The first kappa shape index (κ1) is 14.5. The number of carbonyl (C=O) groups is 2. The van der Waals surface area contributed by atoms with E-state index in [1.807, 2.05) is 0 Å². The predicted octanol–water partition coefficient (Wildman–Crippen LogP) is 1.77. The van der Waals surface area contributed by atoms with Crippen LogP contribution < -0.4 is 10.6 Å². The van der Waals surface area contributed by atoms with Crippen molar-refractivity contribution in [1.29, 1.82) is 0 Å². The van der Waals surface area contributed by atoms with E-state index in [2.05, 4.69) is 15.6 Å². The molecule has 2 N–H and O–H groups in total. The highest BCUT2D eigenvalue weighted by Crippen LogP contribution is 2.21. The Morgan fingerprint density at radius 3 is 2.89 bits per heavy atom. The van der Waals surface area contributed by atoms with Crippen molar-refractivity contribution in [1.82, 2.24) is 10.3 Å². The summed E-state index contributed by atoms with van der Waals surface area (Å²) in [6.45, 7) is 3.54. The lowest BCUT2D eigenvalue weighted by atomic mass is 10.2. The van der Waals surface area contributed by atoms with Gasteiger partial charge in [0.25, 0.3) is 0 Å². The molecule has 1 aromatic rings. The number of rotatable bonds is 5. The van der Waals surface area contributed by atoms with Gasteiger partial charge in [0.2, 0.25) is 5.91 Å². The first-order valence-electron chi connectivity index (χ1n) is 6.24. The Balaban J connectivity index is 1.75. The van der Waals surface area contributed by atoms with Crippen LogP contribution in [0.2, 0.25) is 0 Å². The molecule has 2 rings (SSSR count). The minimum Gasteiger partial charge on any atom is -0.317 e.